The molecular weight excluding hydrogens is 334 g/mol. The Morgan fingerprint density at radius 2 is 2.04 bits per heavy atom. The molecule has 1 amide bonds. The number of rotatable bonds is 7. The summed E-state index contributed by atoms with van der Waals surface area (Å²) in [6, 6.07) is 1.83. The highest BCUT2D eigenvalue weighted by Crippen LogP contribution is 2.13. The van der Waals surface area contributed by atoms with Crippen LogP contribution in [0.25, 0.3) is 5.82 Å². The zero-order chi connectivity index (χ0) is 18.5. The predicted molar refractivity (Wildman–Crippen MR) is 95.1 cm³/mol. The highest BCUT2D eigenvalue weighted by Gasteiger charge is 2.13. The number of aromatic nitrogens is 5. The summed E-state index contributed by atoms with van der Waals surface area (Å²) < 4.78 is 6.94. The maximum Gasteiger partial charge on any atom is 0.224 e. The summed E-state index contributed by atoms with van der Waals surface area (Å²) in [4.78, 5) is 24.6. The molecule has 0 aromatic carbocycles. The fourth-order valence-corrected chi connectivity index (χ4v) is 2.57. The third-order valence-corrected chi connectivity index (χ3v) is 4.00. The zero-order valence-electron chi connectivity index (χ0n) is 15.0. The molecule has 3 heterocycles. The van der Waals surface area contributed by atoms with Gasteiger partial charge in [-0.2, -0.15) is 0 Å². The number of hydrogen-bond donors (Lipinski definition) is 2. The third kappa shape index (κ3) is 4.05. The van der Waals surface area contributed by atoms with Gasteiger partial charge in [-0.1, -0.05) is 5.16 Å². The highest BCUT2D eigenvalue weighted by atomic mass is 16.5. The van der Waals surface area contributed by atoms with Crippen molar-refractivity contribution in [1.82, 2.24) is 30.0 Å². The van der Waals surface area contributed by atoms with E-state index in [0.29, 0.717) is 24.7 Å². The van der Waals surface area contributed by atoms with Gasteiger partial charge >= 0.3 is 0 Å². The van der Waals surface area contributed by atoms with E-state index in [-0.39, 0.29) is 12.3 Å². The van der Waals surface area contributed by atoms with Gasteiger partial charge < -0.3 is 15.2 Å². The van der Waals surface area contributed by atoms with Gasteiger partial charge in [0.25, 0.3) is 0 Å². The van der Waals surface area contributed by atoms with Gasteiger partial charge in [0.15, 0.2) is 0 Å². The van der Waals surface area contributed by atoms with Crippen molar-refractivity contribution in [2.75, 3.05) is 18.4 Å². The second-order valence-electron chi connectivity index (χ2n) is 5.86. The number of amides is 1. The van der Waals surface area contributed by atoms with Crippen LogP contribution in [0.2, 0.25) is 0 Å². The Morgan fingerprint density at radius 3 is 2.73 bits per heavy atom. The van der Waals surface area contributed by atoms with Gasteiger partial charge in [0, 0.05) is 37.1 Å². The molecule has 0 atom stereocenters. The molecule has 0 radical (unpaired) electrons. The Balaban J connectivity index is 1.48. The largest absolute Gasteiger partial charge is 0.368 e. The van der Waals surface area contributed by atoms with E-state index in [1.165, 1.54) is 6.33 Å². The molecule has 3 aromatic heterocycles. The standard InChI is InChI=1S/C17H21N7O2/c1-11-14(12(2)26-23-11)8-17(25)20-5-4-19-15-9-16(22-10-21-15)24-7-6-18-13(24)3/h6-7,9-10H,4-5,8H2,1-3H3,(H,20,25)(H,19,21,22). The second-order valence-corrected chi connectivity index (χ2v) is 5.86. The summed E-state index contributed by atoms with van der Waals surface area (Å²) in [5.74, 6) is 2.88. The predicted octanol–water partition coefficient (Wildman–Crippen LogP) is 1.35. The van der Waals surface area contributed by atoms with Crippen molar-refractivity contribution in [2.24, 2.45) is 0 Å². The molecule has 3 aromatic rings. The lowest BCUT2D eigenvalue weighted by Gasteiger charge is -2.09. The lowest BCUT2D eigenvalue weighted by Crippen LogP contribution is -2.30. The molecule has 2 N–H and O–H groups in total. The Labute approximate surface area is 150 Å². The van der Waals surface area contributed by atoms with E-state index in [1.807, 2.05) is 30.7 Å². The second kappa shape index (κ2) is 7.77. The first-order valence-corrected chi connectivity index (χ1v) is 8.29. The van der Waals surface area contributed by atoms with Crippen LogP contribution in [0.1, 0.15) is 22.8 Å². The fourth-order valence-electron chi connectivity index (χ4n) is 2.57. The summed E-state index contributed by atoms with van der Waals surface area (Å²) in [5.41, 5.74) is 1.59. The number of nitrogens with zero attached hydrogens (tertiary/aromatic N) is 5. The molecule has 9 nitrogen and oxygen atoms in total. The quantitative estimate of drug-likeness (QED) is 0.615. The number of nitrogens with one attached hydrogen (secondary N) is 2. The average Bonchev–Trinajstić information content (AvgIpc) is 3.19. The number of hydrogen-bond acceptors (Lipinski definition) is 7. The normalized spacial score (nSPS) is 10.7. The van der Waals surface area contributed by atoms with E-state index in [4.69, 9.17) is 4.52 Å². The van der Waals surface area contributed by atoms with Gasteiger partial charge in [-0.3, -0.25) is 9.36 Å². The zero-order valence-corrected chi connectivity index (χ0v) is 15.0. The number of carbonyl (C=O) groups is 1. The first-order valence-electron chi connectivity index (χ1n) is 8.29. The van der Waals surface area contributed by atoms with Gasteiger partial charge in [0.1, 0.15) is 29.5 Å². The van der Waals surface area contributed by atoms with Gasteiger partial charge in [-0.25, -0.2) is 15.0 Å². The molecule has 0 spiro atoms. The maximum absolute atomic E-state index is 12.0. The first-order chi connectivity index (χ1) is 12.5. The molecule has 0 aliphatic rings. The molecule has 9 heteroatoms. The lowest BCUT2D eigenvalue weighted by atomic mass is 10.1. The molecule has 0 fully saturated rings. The monoisotopic (exact) mass is 355 g/mol. The maximum atomic E-state index is 12.0. The van der Waals surface area contributed by atoms with E-state index < -0.39 is 0 Å². The number of aryl methyl sites for hydroxylation is 3. The molecule has 3 rings (SSSR count). The Morgan fingerprint density at radius 1 is 1.19 bits per heavy atom. The minimum Gasteiger partial charge on any atom is -0.368 e. The molecule has 136 valence electrons. The van der Waals surface area contributed by atoms with Crippen LogP contribution in [0, 0.1) is 20.8 Å². The van der Waals surface area contributed by atoms with E-state index in [2.05, 4.69) is 30.7 Å². The molecule has 0 bridgehead atoms. The average molecular weight is 355 g/mol. The summed E-state index contributed by atoms with van der Waals surface area (Å²) in [6.07, 6.45) is 5.32. The molecule has 0 saturated heterocycles. The van der Waals surface area contributed by atoms with Crippen LogP contribution in [0.15, 0.2) is 29.3 Å². The van der Waals surface area contributed by atoms with E-state index in [1.54, 1.807) is 13.1 Å². The summed E-state index contributed by atoms with van der Waals surface area (Å²) in [7, 11) is 0. The highest BCUT2D eigenvalue weighted by molar-refractivity contribution is 5.79. The van der Waals surface area contributed by atoms with Gasteiger partial charge in [-0.15, -0.1) is 0 Å². The van der Waals surface area contributed by atoms with Crippen molar-refractivity contribution in [2.45, 2.75) is 27.2 Å². The van der Waals surface area contributed by atoms with Crippen LogP contribution in [0.5, 0.6) is 0 Å². The number of imidazole rings is 1. The number of carbonyl (C=O) groups excluding carboxylic acids is 1. The van der Waals surface area contributed by atoms with Gasteiger partial charge in [-0.05, 0) is 20.8 Å². The Hall–Kier alpha value is -3.23. The molecule has 0 saturated carbocycles. The topological polar surface area (TPSA) is 111 Å². The molecule has 0 aliphatic carbocycles. The van der Waals surface area contributed by atoms with E-state index in [9.17, 15) is 4.79 Å². The Bertz CT molecular complexity index is 881. The van der Waals surface area contributed by atoms with Gasteiger partial charge in [0.05, 0.1) is 12.1 Å². The molecule has 0 unspecified atom stereocenters. The van der Waals surface area contributed by atoms with E-state index >= 15 is 0 Å². The minimum absolute atomic E-state index is 0.0707. The third-order valence-electron chi connectivity index (χ3n) is 4.00. The molecule has 0 aliphatic heterocycles. The van der Waals surface area contributed by atoms with Crippen molar-refractivity contribution >= 4 is 11.7 Å². The number of anilines is 1. The van der Waals surface area contributed by atoms with Crippen LogP contribution in [0.3, 0.4) is 0 Å². The van der Waals surface area contributed by atoms with Crippen LogP contribution in [-0.4, -0.2) is 43.7 Å². The summed E-state index contributed by atoms with van der Waals surface area (Å²) in [6.45, 7) is 6.57. The van der Waals surface area contributed by atoms with Crippen molar-refractivity contribution < 1.29 is 9.32 Å². The van der Waals surface area contributed by atoms with Crippen LogP contribution < -0.4 is 10.6 Å². The van der Waals surface area contributed by atoms with Crippen LogP contribution >= 0.6 is 0 Å². The van der Waals surface area contributed by atoms with Crippen LogP contribution in [-0.2, 0) is 11.2 Å². The van der Waals surface area contributed by atoms with Crippen molar-refractivity contribution in [1.29, 1.82) is 0 Å². The molecule has 26 heavy (non-hydrogen) atoms. The van der Waals surface area contributed by atoms with Gasteiger partial charge in [0.2, 0.25) is 5.91 Å². The lowest BCUT2D eigenvalue weighted by molar-refractivity contribution is -0.120. The van der Waals surface area contributed by atoms with Crippen molar-refractivity contribution in [3.63, 3.8) is 0 Å². The van der Waals surface area contributed by atoms with Crippen molar-refractivity contribution in [3.8, 4) is 5.82 Å². The summed E-state index contributed by atoms with van der Waals surface area (Å²) >= 11 is 0. The van der Waals surface area contributed by atoms with Crippen molar-refractivity contribution in [3.05, 3.63) is 47.6 Å². The van der Waals surface area contributed by atoms with E-state index in [0.717, 1.165) is 22.9 Å². The Kier molecular flexibility index (Phi) is 5.26. The van der Waals surface area contributed by atoms with Crippen LogP contribution in [0.4, 0.5) is 5.82 Å². The summed E-state index contributed by atoms with van der Waals surface area (Å²) in [5, 5.41) is 9.89. The minimum atomic E-state index is -0.0707. The SMILES string of the molecule is Cc1noc(C)c1CC(=O)NCCNc1cc(-n2ccnc2C)ncn1. The smallest absolute Gasteiger partial charge is 0.224 e. The fraction of sp³-hybridized carbons (Fsp3) is 0.353. The first kappa shape index (κ1) is 17.6. The molecular formula is C17H21N7O2.